The van der Waals surface area contributed by atoms with Crippen LogP contribution in [0, 0.1) is 0 Å². The molecule has 0 radical (unpaired) electrons. The molecule has 0 fully saturated rings. The Balaban J connectivity index is 2.49. The summed E-state index contributed by atoms with van der Waals surface area (Å²) in [5.74, 6) is -0.363. The van der Waals surface area contributed by atoms with Gasteiger partial charge in [-0.3, -0.25) is 13.9 Å². The van der Waals surface area contributed by atoms with Crippen LogP contribution in [-0.4, -0.2) is 57.1 Å². The lowest BCUT2D eigenvalue weighted by molar-refractivity contribution is -0.140. The van der Waals surface area contributed by atoms with Crippen LogP contribution in [0.25, 0.3) is 0 Å². The van der Waals surface area contributed by atoms with Gasteiger partial charge in [0.15, 0.2) is 0 Å². The largest absolute Gasteiger partial charge is 0.497 e. The zero-order valence-corrected chi connectivity index (χ0v) is 23.5. The maximum Gasteiger partial charge on any atom is 0.244 e. The van der Waals surface area contributed by atoms with E-state index in [2.05, 4.69) is 5.32 Å². The normalized spacial score (nSPS) is 13.0. The molecular weight excluding hydrogens is 525 g/mol. The summed E-state index contributed by atoms with van der Waals surface area (Å²) in [5, 5.41) is 3.60. The van der Waals surface area contributed by atoms with Crippen molar-refractivity contribution in [1.29, 1.82) is 0 Å². The van der Waals surface area contributed by atoms with E-state index in [9.17, 15) is 18.0 Å². The monoisotopic (exact) mass is 557 g/mol. The van der Waals surface area contributed by atoms with Crippen LogP contribution in [0.5, 0.6) is 5.75 Å². The maximum atomic E-state index is 13.7. The lowest BCUT2D eigenvalue weighted by Gasteiger charge is -2.33. The third-order valence-electron chi connectivity index (χ3n) is 5.82. The van der Waals surface area contributed by atoms with Gasteiger partial charge in [0.25, 0.3) is 0 Å². The molecule has 0 saturated heterocycles. The Bertz CT molecular complexity index is 1140. The van der Waals surface area contributed by atoms with Gasteiger partial charge in [-0.25, -0.2) is 8.42 Å². The molecule has 0 aromatic heterocycles. The number of carbonyl (C=O) groups is 2. The fraction of sp³-hybridized carbons (Fsp3) is 0.440. The molecule has 0 spiro atoms. The molecule has 1 N–H and O–H groups in total. The van der Waals surface area contributed by atoms with Crippen LogP contribution in [0.15, 0.2) is 42.5 Å². The molecule has 2 aromatic carbocycles. The molecule has 0 unspecified atom stereocenters. The molecule has 2 atom stereocenters. The Hall–Kier alpha value is -2.49. The summed E-state index contributed by atoms with van der Waals surface area (Å²) in [6.45, 7) is 5.02. The topological polar surface area (TPSA) is 96.0 Å². The van der Waals surface area contributed by atoms with Crippen molar-refractivity contribution in [2.24, 2.45) is 0 Å². The van der Waals surface area contributed by atoms with Crippen molar-refractivity contribution in [2.75, 3.05) is 24.2 Å². The van der Waals surface area contributed by atoms with Crippen LogP contribution < -0.4 is 14.4 Å². The zero-order valence-electron chi connectivity index (χ0n) is 21.1. The van der Waals surface area contributed by atoms with E-state index in [0.29, 0.717) is 39.9 Å². The molecular formula is C25H33Cl2N3O5S. The Labute approximate surface area is 223 Å². The molecule has 0 aliphatic carbocycles. The van der Waals surface area contributed by atoms with Gasteiger partial charge in [-0.15, -0.1) is 0 Å². The number of rotatable bonds is 12. The summed E-state index contributed by atoms with van der Waals surface area (Å²) >= 11 is 12.7. The molecule has 8 nitrogen and oxygen atoms in total. The van der Waals surface area contributed by atoms with Gasteiger partial charge in [-0.1, -0.05) is 43.1 Å². The molecule has 198 valence electrons. The summed E-state index contributed by atoms with van der Waals surface area (Å²) in [6.07, 6.45) is 2.04. The van der Waals surface area contributed by atoms with Crippen molar-refractivity contribution in [2.45, 2.75) is 52.2 Å². The van der Waals surface area contributed by atoms with E-state index in [1.807, 2.05) is 13.8 Å². The average Bonchev–Trinajstić information content (AvgIpc) is 2.83. The van der Waals surface area contributed by atoms with Crippen LogP contribution in [0.4, 0.5) is 5.69 Å². The molecule has 36 heavy (non-hydrogen) atoms. The van der Waals surface area contributed by atoms with E-state index in [1.165, 1.54) is 12.0 Å². The van der Waals surface area contributed by atoms with E-state index in [4.69, 9.17) is 27.9 Å². The predicted molar refractivity (Wildman–Crippen MR) is 144 cm³/mol. The van der Waals surface area contributed by atoms with Crippen LogP contribution in [0.2, 0.25) is 10.0 Å². The average molecular weight is 559 g/mol. The highest BCUT2D eigenvalue weighted by molar-refractivity contribution is 7.92. The van der Waals surface area contributed by atoms with Gasteiger partial charge in [0, 0.05) is 28.2 Å². The second-order valence-electron chi connectivity index (χ2n) is 8.43. The summed E-state index contributed by atoms with van der Waals surface area (Å²) in [5.41, 5.74) is 0.763. The Morgan fingerprint density at radius 1 is 1.03 bits per heavy atom. The molecule has 0 aliphatic heterocycles. The van der Waals surface area contributed by atoms with E-state index in [1.54, 1.807) is 49.4 Å². The highest BCUT2D eigenvalue weighted by Crippen LogP contribution is 2.28. The zero-order chi connectivity index (χ0) is 27.0. The van der Waals surface area contributed by atoms with Crippen LogP contribution in [0.1, 0.15) is 39.2 Å². The summed E-state index contributed by atoms with van der Waals surface area (Å²) in [6, 6.07) is 10.3. The highest BCUT2D eigenvalue weighted by Gasteiger charge is 2.33. The number of ether oxygens (including phenoxy) is 1. The van der Waals surface area contributed by atoms with E-state index < -0.39 is 28.5 Å². The van der Waals surface area contributed by atoms with Crippen molar-refractivity contribution in [1.82, 2.24) is 10.2 Å². The molecule has 0 aliphatic rings. The molecule has 2 amide bonds. The van der Waals surface area contributed by atoms with Crippen molar-refractivity contribution in [3.63, 3.8) is 0 Å². The molecule has 11 heteroatoms. The minimum absolute atomic E-state index is 0.0655. The van der Waals surface area contributed by atoms with Crippen LogP contribution in [0.3, 0.4) is 0 Å². The lowest BCUT2D eigenvalue weighted by Crippen LogP contribution is -2.53. The first kappa shape index (κ1) is 29.7. The first-order valence-electron chi connectivity index (χ1n) is 11.6. The third-order valence-corrected chi connectivity index (χ3v) is 7.67. The number of methoxy groups -OCH3 is 1. The van der Waals surface area contributed by atoms with Gasteiger partial charge in [0.2, 0.25) is 21.8 Å². The second-order valence-corrected chi connectivity index (χ2v) is 11.2. The lowest BCUT2D eigenvalue weighted by atomic mass is 10.1. The second kappa shape index (κ2) is 13.2. The quantitative estimate of drug-likeness (QED) is 0.414. The number of benzene rings is 2. The van der Waals surface area contributed by atoms with Crippen molar-refractivity contribution in [3.05, 3.63) is 58.1 Å². The fourth-order valence-electron chi connectivity index (χ4n) is 3.58. The third kappa shape index (κ3) is 7.75. The SMILES string of the molecule is CC[C@H](C)NC(=O)[C@H](CC)N(Cc1c(Cl)cccc1Cl)C(=O)CN(c1ccc(OC)cc1)S(C)(=O)=O. The first-order chi connectivity index (χ1) is 16.9. The summed E-state index contributed by atoms with van der Waals surface area (Å²) < 4.78 is 31.5. The smallest absolute Gasteiger partial charge is 0.244 e. The van der Waals surface area contributed by atoms with Crippen LogP contribution in [-0.2, 0) is 26.2 Å². The Morgan fingerprint density at radius 3 is 2.08 bits per heavy atom. The minimum Gasteiger partial charge on any atom is -0.497 e. The molecule has 0 saturated carbocycles. The van der Waals surface area contributed by atoms with Crippen molar-refractivity contribution >= 4 is 50.7 Å². The number of carbonyl (C=O) groups excluding carboxylic acids is 2. The number of amides is 2. The number of hydrogen-bond acceptors (Lipinski definition) is 5. The van der Waals surface area contributed by atoms with Gasteiger partial charge >= 0.3 is 0 Å². The minimum atomic E-state index is -3.84. The van der Waals surface area contributed by atoms with Crippen LogP contribution >= 0.6 is 23.2 Å². The van der Waals surface area contributed by atoms with Gasteiger partial charge in [0.05, 0.1) is 19.1 Å². The fourth-order valence-corrected chi connectivity index (χ4v) is 4.94. The van der Waals surface area contributed by atoms with Gasteiger partial charge in [-0.05, 0) is 56.2 Å². The summed E-state index contributed by atoms with van der Waals surface area (Å²) in [7, 11) is -2.34. The highest BCUT2D eigenvalue weighted by atomic mass is 35.5. The number of nitrogens with one attached hydrogen (secondary N) is 1. The maximum absolute atomic E-state index is 13.7. The first-order valence-corrected chi connectivity index (χ1v) is 14.2. The molecule has 2 aromatic rings. The van der Waals surface area contributed by atoms with Crippen molar-refractivity contribution in [3.8, 4) is 5.75 Å². The van der Waals surface area contributed by atoms with Gasteiger partial charge in [-0.2, -0.15) is 0 Å². The van der Waals surface area contributed by atoms with E-state index >= 15 is 0 Å². The standard InChI is InChI=1S/C25H33Cl2N3O5S/c1-6-17(3)28-25(32)23(7-2)29(15-20-21(26)9-8-10-22(20)27)24(31)16-30(36(5,33)34)18-11-13-19(35-4)14-12-18/h8-14,17,23H,6-7,15-16H2,1-5H3,(H,28,32)/t17-,23-/m0/s1. The van der Waals surface area contributed by atoms with Gasteiger partial charge in [0.1, 0.15) is 18.3 Å². The van der Waals surface area contributed by atoms with Gasteiger partial charge < -0.3 is 15.0 Å². The number of hydrogen-bond donors (Lipinski definition) is 1. The number of anilines is 1. The molecule has 2 rings (SSSR count). The van der Waals surface area contributed by atoms with Crippen molar-refractivity contribution < 1.29 is 22.7 Å². The Morgan fingerprint density at radius 2 is 1.61 bits per heavy atom. The predicted octanol–water partition coefficient (Wildman–Crippen LogP) is 4.49. The molecule has 0 bridgehead atoms. The number of halogens is 2. The van der Waals surface area contributed by atoms with E-state index in [0.717, 1.165) is 10.6 Å². The Kier molecular flexibility index (Phi) is 10.9. The molecule has 0 heterocycles. The summed E-state index contributed by atoms with van der Waals surface area (Å²) in [4.78, 5) is 28.2. The number of sulfonamides is 1. The van der Waals surface area contributed by atoms with E-state index in [-0.39, 0.29) is 18.5 Å². The number of nitrogens with zero attached hydrogens (tertiary/aromatic N) is 2.